The summed E-state index contributed by atoms with van der Waals surface area (Å²) in [5, 5.41) is 2.85. The summed E-state index contributed by atoms with van der Waals surface area (Å²) in [6, 6.07) is 5.98. The number of carbonyl (C=O) groups excluding carboxylic acids is 1. The zero-order valence-corrected chi connectivity index (χ0v) is 13.1. The lowest BCUT2D eigenvalue weighted by molar-refractivity contribution is -0.123. The summed E-state index contributed by atoms with van der Waals surface area (Å²) in [4.78, 5) is 11.7. The van der Waals surface area contributed by atoms with E-state index >= 15 is 0 Å². The largest absolute Gasteiger partial charge is 0.484 e. The summed E-state index contributed by atoms with van der Waals surface area (Å²) in [5.41, 5.74) is 2.51. The van der Waals surface area contributed by atoms with Crippen LogP contribution in [0.1, 0.15) is 43.7 Å². The third kappa shape index (κ3) is 4.74. The fourth-order valence-corrected chi connectivity index (χ4v) is 2.62. The first-order chi connectivity index (χ1) is 10.1. The van der Waals surface area contributed by atoms with Crippen molar-refractivity contribution in [1.82, 2.24) is 5.32 Å². The molecule has 1 amide bonds. The van der Waals surface area contributed by atoms with Gasteiger partial charge in [-0.15, -0.1) is 0 Å². The van der Waals surface area contributed by atoms with Crippen molar-refractivity contribution in [3.8, 4) is 5.75 Å². The maximum absolute atomic E-state index is 11.7. The maximum atomic E-state index is 11.7. The summed E-state index contributed by atoms with van der Waals surface area (Å²) in [5.74, 6) is 1.13. The topological polar surface area (TPSA) is 47.6 Å². The molecular weight excluding hydrogens is 266 g/mol. The molecular formula is C17H25NO3. The molecule has 1 fully saturated rings. The van der Waals surface area contributed by atoms with E-state index in [-0.39, 0.29) is 18.6 Å². The Balaban J connectivity index is 1.76. The van der Waals surface area contributed by atoms with Crippen molar-refractivity contribution < 1.29 is 14.3 Å². The van der Waals surface area contributed by atoms with Crippen LogP contribution in [0.5, 0.6) is 5.75 Å². The minimum atomic E-state index is -0.101. The summed E-state index contributed by atoms with van der Waals surface area (Å²) in [6.07, 6.45) is 2.27. The molecule has 0 aromatic heterocycles. The SMILES string of the molecule is Cc1cc(OCC(=O)NCC2CCCO2)ccc1C(C)C. The van der Waals surface area contributed by atoms with Crippen LogP contribution in [0.2, 0.25) is 0 Å². The Morgan fingerprint density at radius 2 is 2.29 bits per heavy atom. The van der Waals surface area contributed by atoms with E-state index in [4.69, 9.17) is 9.47 Å². The van der Waals surface area contributed by atoms with Crippen molar-refractivity contribution in [3.05, 3.63) is 29.3 Å². The van der Waals surface area contributed by atoms with Gasteiger partial charge in [0.1, 0.15) is 5.75 Å². The van der Waals surface area contributed by atoms with Gasteiger partial charge in [-0.25, -0.2) is 0 Å². The zero-order valence-electron chi connectivity index (χ0n) is 13.1. The molecule has 1 aromatic carbocycles. The van der Waals surface area contributed by atoms with Gasteiger partial charge in [-0.1, -0.05) is 19.9 Å². The molecule has 0 radical (unpaired) electrons. The molecule has 1 heterocycles. The average molecular weight is 291 g/mol. The predicted molar refractivity (Wildman–Crippen MR) is 82.7 cm³/mol. The molecule has 0 aliphatic carbocycles. The molecule has 0 saturated carbocycles. The quantitative estimate of drug-likeness (QED) is 0.876. The number of carbonyl (C=O) groups is 1. The molecule has 1 atom stereocenters. The van der Waals surface area contributed by atoms with E-state index in [9.17, 15) is 4.79 Å². The van der Waals surface area contributed by atoms with Crippen molar-refractivity contribution in [2.45, 2.75) is 45.6 Å². The summed E-state index contributed by atoms with van der Waals surface area (Å²) in [7, 11) is 0. The Bertz CT molecular complexity index is 479. The van der Waals surface area contributed by atoms with Crippen molar-refractivity contribution in [2.24, 2.45) is 0 Å². The third-order valence-corrected chi connectivity index (χ3v) is 3.78. The molecule has 4 nitrogen and oxygen atoms in total. The first kappa shape index (κ1) is 15.8. The lowest BCUT2D eigenvalue weighted by atomic mass is 9.98. The van der Waals surface area contributed by atoms with Crippen molar-refractivity contribution >= 4 is 5.91 Å². The van der Waals surface area contributed by atoms with Gasteiger partial charge in [0.25, 0.3) is 5.91 Å². The van der Waals surface area contributed by atoms with E-state index in [2.05, 4.69) is 32.2 Å². The molecule has 1 unspecified atom stereocenters. The van der Waals surface area contributed by atoms with Gasteiger partial charge < -0.3 is 14.8 Å². The van der Waals surface area contributed by atoms with E-state index in [0.717, 1.165) is 25.2 Å². The molecule has 0 spiro atoms. The smallest absolute Gasteiger partial charge is 0.258 e. The monoisotopic (exact) mass is 291 g/mol. The first-order valence-electron chi connectivity index (χ1n) is 7.68. The summed E-state index contributed by atoms with van der Waals surface area (Å²) in [6.45, 7) is 7.84. The number of rotatable bonds is 6. The molecule has 1 N–H and O–H groups in total. The van der Waals surface area contributed by atoms with Crippen molar-refractivity contribution in [2.75, 3.05) is 19.8 Å². The van der Waals surface area contributed by atoms with Crippen LogP contribution in [0, 0.1) is 6.92 Å². The minimum Gasteiger partial charge on any atom is -0.484 e. The minimum absolute atomic E-state index is 0.0488. The van der Waals surface area contributed by atoms with E-state index in [1.54, 1.807) is 0 Å². The second kappa shape index (κ2) is 7.46. The zero-order chi connectivity index (χ0) is 15.2. The second-order valence-corrected chi connectivity index (χ2v) is 5.90. The van der Waals surface area contributed by atoms with E-state index in [1.807, 2.05) is 12.1 Å². The molecule has 116 valence electrons. The van der Waals surface area contributed by atoms with Crippen molar-refractivity contribution in [1.29, 1.82) is 0 Å². The lowest BCUT2D eigenvalue weighted by Gasteiger charge is -2.13. The Morgan fingerprint density at radius 3 is 2.90 bits per heavy atom. The number of hydrogen-bond acceptors (Lipinski definition) is 3. The van der Waals surface area contributed by atoms with Crippen LogP contribution in [0.25, 0.3) is 0 Å². The second-order valence-electron chi connectivity index (χ2n) is 5.90. The van der Waals surface area contributed by atoms with Gasteiger partial charge in [-0.3, -0.25) is 4.79 Å². The van der Waals surface area contributed by atoms with Gasteiger partial charge in [-0.2, -0.15) is 0 Å². The highest BCUT2D eigenvalue weighted by atomic mass is 16.5. The molecule has 1 aromatic rings. The highest BCUT2D eigenvalue weighted by Gasteiger charge is 2.16. The Morgan fingerprint density at radius 1 is 1.48 bits per heavy atom. The molecule has 1 aliphatic rings. The number of amides is 1. The van der Waals surface area contributed by atoms with Gasteiger partial charge >= 0.3 is 0 Å². The average Bonchev–Trinajstić information content (AvgIpc) is 2.95. The lowest BCUT2D eigenvalue weighted by Crippen LogP contribution is -2.35. The molecule has 2 rings (SSSR count). The number of aryl methyl sites for hydroxylation is 1. The molecule has 4 heteroatoms. The Labute approximate surface area is 126 Å². The highest BCUT2D eigenvalue weighted by molar-refractivity contribution is 5.77. The van der Waals surface area contributed by atoms with Gasteiger partial charge in [0, 0.05) is 13.2 Å². The number of benzene rings is 1. The number of nitrogens with one attached hydrogen (secondary N) is 1. The van der Waals surface area contributed by atoms with Crippen LogP contribution in [-0.2, 0) is 9.53 Å². The van der Waals surface area contributed by atoms with Crippen LogP contribution in [0.15, 0.2) is 18.2 Å². The van der Waals surface area contributed by atoms with Crippen molar-refractivity contribution in [3.63, 3.8) is 0 Å². The molecule has 1 saturated heterocycles. The number of hydrogen-bond donors (Lipinski definition) is 1. The standard InChI is InChI=1S/C17H25NO3/c1-12(2)16-7-6-14(9-13(16)3)21-11-17(19)18-10-15-5-4-8-20-15/h6-7,9,12,15H,4-5,8,10-11H2,1-3H3,(H,18,19). The fraction of sp³-hybridized carbons (Fsp3) is 0.588. The summed E-state index contributed by atoms with van der Waals surface area (Å²) >= 11 is 0. The number of ether oxygens (including phenoxy) is 2. The Kier molecular flexibility index (Phi) is 5.62. The van der Waals surface area contributed by atoms with Crippen LogP contribution in [0.3, 0.4) is 0 Å². The van der Waals surface area contributed by atoms with Gasteiger partial charge in [0.05, 0.1) is 6.10 Å². The van der Waals surface area contributed by atoms with Gasteiger partial charge in [0.15, 0.2) is 6.61 Å². The van der Waals surface area contributed by atoms with Crippen LogP contribution in [0.4, 0.5) is 0 Å². The van der Waals surface area contributed by atoms with Gasteiger partial charge in [-0.05, 0) is 48.9 Å². The Hall–Kier alpha value is -1.55. The maximum Gasteiger partial charge on any atom is 0.258 e. The third-order valence-electron chi connectivity index (χ3n) is 3.78. The van der Waals surface area contributed by atoms with E-state index in [0.29, 0.717) is 12.5 Å². The predicted octanol–water partition coefficient (Wildman–Crippen LogP) is 2.79. The normalized spacial score (nSPS) is 18.0. The van der Waals surface area contributed by atoms with Crippen LogP contribution >= 0.6 is 0 Å². The molecule has 1 aliphatic heterocycles. The van der Waals surface area contributed by atoms with E-state index in [1.165, 1.54) is 11.1 Å². The summed E-state index contributed by atoms with van der Waals surface area (Å²) < 4.78 is 11.0. The van der Waals surface area contributed by atoms with Gasteiger partial charge in [0.2, 0.25) is 0 Å². The molecule has 21 heavy (non-hydrogen) atoms. The van der Waals surface area contributed by atoms with E-state index < -0.39 is 0 Å². The molecule has 0 bridgehead atoms. The fourth-order valence-electron chi connectivity index (χ4n) is 2.62. The highest BCUT2D eigenvalue weighted by Crippen LogP contribution is 2.23. The van der Waals surface area contributed by atoms with Crippen LogP contribution < -0.4 is 10.1 Å². The van der Waals surface area contributed by atoms with Crippen LogP contribution in [-0.4, -0.2) is 31.8 Å². The first-order valence-corrected chi connectivity index (χ1v) is 7.68.